The number of ether oxygens (including phenoxy) is 1. The van der Waals surface area contributed by atoms with Gasteiger partial charge in [-0.15, -0.1) is 0 Å². The highest BCUT2D eigenvalue weighted by Crippen LogP contribution is 2.33. The highest BCUT2D eigenvalue weighted by atomic mass is 32.2. The lowest BCUT2D eigenvalue weighted by Gasteiger charge is -2.33. The van der Waals surface area contributed by atoms with Crippen LogP contribution in [0.25, 0.3) is 10.8 Å². The number of benzene rings is 3. The molecule has 174 valence electrons. The van der Waals surface area contributed by atoms with Crippen LogP contribution < -0.4 is 10.1 Å². The fraction of sp³-hybridized carbons (Fsp3) is 0.346. The van der Waals surface area contributed by atoms with Gasteiger partial charge < -0.3 is 10.1 Å². The molecule has 0 unspecified atom stereocenters. The van der Waals surface area contributed by atoms with Gasteiger partial charge in [0.05, 0.1) is 13.7 Å². The van der Waals surface area contributed by atoms with Crippen LogP contribution in [-0.2, 0) is 14.8 Å². The van der Waals surface area contributed by atoms with Gasteiger partial charge in [-0.05, 0) is 48.9 Å². The monoisotopic (exact) mass is 466 g/mol. The number of sulfonamides is 1. The summed E-state index contributed by atoms with van der Waals surface area (Å²) in [4.78, 5) is 13.3. The molecule has 1 N–H and O–H groups in total. The number of carbonyl (C=O) groups is 1. The Morgan fingerprint density at radius 1 is 1.03 bits per heavy atom. The minimum Gasteiger partial charge on any atom is -0.495 e. The number of hydrogen-bond acceptors (Lipinski definition) is 4. The number of fused-ring (bicyclic) bond motifs is 1. The van der Waals surface area contributed by atoms with E-state index in [-0.39, 0.29) is 29.1 Å². The van der Waals surface area contributed by atoms with E-state index in [1.165, 1.54) is 11.4 Å². The molecule has 0 aromatic heterocycles. The number of amides is 1. The minimum atomic E-state index is -3.95. The fourth-order valence-corrected chi connectivity index (χ4v) is 6.44. The second kappa shape index (κ2) is 9.93. The van der Waals surface area contributed by atoms with Gasteiger partial charge in [0.15, 0.2) is 0 Å². The van der Waals surface area contributed by atoms with Gasteiger partial charge >= 0.3 is 0 Å². The number of nitrogens with one attached hydrogen (secondary N) is 1. The summed E-state index contributed by atoms with van der Waals surface area (Å²) in [5.74, 6) is -0.0667. The Morgan fingerprint density at radius 3 is 2.52 bits per heavy atom. The molecule has 33 heavy (non-hydrogen) atoms. The molecule has 0 radical (unpaired) electrons. The number of methoxy groups -OCH3 is 1. The molecule has 1 saturated carbocycles. The largest absolute Gasteiger partial charge is 0.495 e. The van der Waals surface area contributed by atoms with E-state index < -0.39 is 10.0 Å². The van der Waals surface area contributed by atoms with E-state index in [9.17, 15) is 13.2 Å². The summed E-state index contributed by atoms with van der Waals surface area (Å²) in [6, 6.07) is 18.4. The zero-order chi connectivity index (χ0) is 23.4. The molecule has 0 heterocycles. The maximum Gasteiger partial charge on any atom is 0.247 e. The lowest BCUT2D eigenvalue weighted by molar-refractivity contribution is -0.116. The lowest BCUT2D eigenvalue weighted by atomic mass is 9.95. The summed E-state index contributed by atoms with van der Waals surface area (Å²) in [5, 5.41) is 4.87. The summed E-state index contributed by atoms with van der Waals surface area (Å²) in [6.45, 7) is 1.60. The second-order valence-corrected chi connectivity index (χ2v) is 10.4. The third kappa shape index (κ3) is 5.04. The lowest BCUT2D eigenvalue weighted by Crippen LogP contribution is -2.45. The van der Waals surface area contributed by atoms with Crippen molar-refractivity contribution in [2.45, 2.75) is 50.0 Å². The average molecular weight is 467 g/mol. The van der Waals surface area contributed by atoms with Crippen LogP contribution in [0, 0.1) is 6.92 Å². The molecule has 7 heteroatoms. The molecule has 0 bridgehead atoms. The normalized spacial score (nSPS) is 15.0. The molecule has 0 saturated heterocycles. The first kappa shape index (κ1) is 23.3. The number of carbonyl (C=O) groups excluding carboxylic acids is 1. The number of nitrogens with zero attached hydrogens (tertiary/aromatic N) is 1. The summed E-state index contributed by atoms with van der Waals surface area (Å²) >= 11 is 0. The third-order valence-electron chi connectivity index (χ3n) is 6.25. The van der Waals surface area contributed by atoms with Crippen molar-refractivity contribution < 1.29 is 17.9 Å². The Labute approximate surface area is 195 Å². The van der Waals surface area contributed by atoms with E-state index in [1.54, 1.807) is 12.1 Å². The second-order valence-electron chi connectivity index (χ2n) is 8.57. The zero-order valence-corrected chi connectivity index (χ0v) is 19.9. The summed E-state index contributed by atoms with van der Waals surface area (Å²) < 4.78 is 34.4. The third-order valence-corrected chi connectivity index (χ3v) is 8.17. The Morgan fingerprint density at radius 2 is 1.76 bits per heavy atom. The maximum absolute atomic E-state index is 13.8. The Bertz CT molecular complexity index is 1240. The van der Waals surface area contributed by atoms with Crippen molar-refractivity contribution in [2.24, 2.45) is 0 Å². The van der Waals surface area contributed by atoms with Crippen LogP contribution in [-0.4, -0.2) is 38.3 Å². The Kier molecular flexibility index (Phi) is 7.00. The number of hydrogen-bond donors (Lipinski definition) is 1. The highest BCUT2D eigenvalue weighted by molar-refractivity contribution is 7.89. The zero-order valence-electron chi connectivity index (χ0n) is 19.1. The summed E-state index contributed by atoms with van der Waals surface area (Å²) in [7, 11) is -2.49. The SMILES string of the molecule is COc1ccc(C)cc1S(=O)(=O)N(CC(=O)Nc1cccc2ccccc12)C1CCCCC1. The van der Waals surface area contributed by atoms with Crippen molar-refractivity contribution in [1.82, 2.24) is 4.31 Å². The van der Waals surface area contributed by atoms with Gasteiger partial charge in [-0.2, -0.15) is 4.31 Å². The first-order chi connectivity index (χ1) is 15.9. The van der Waals surface area contributed by atoms with Gasteiger partial charge in [0.25, 0.3) is 0 Å². The maximum atomic E-state index is 13.8. The molecular formula is C26H30N2O4S. The fourth-order valence-electron chi connectivity index (χ4n) is 4.56. The number of anilines is 1. The topological polar surface area (TPSA) is 75.7 Å². The quantitative estimate of drug-likeness (QED) is 0.524. The molecule has 0 aliphatic heterocycles. The Balaban J connectivity index is 1.66. The van der Waals surface area contributed by atoms with Gasteiger partial charge in [-0.1, -0.05) is 61.7 Å². The van der Waals surface area contributed by atoms with Crippen LogP contribution in [0.15, 0.2) is 65.6 Å². The van der Waals surface area contributed by atoms with Crippen molar-refractivity contribution in [3.05, 3.63) is 66.2 Å². The number of rotatable bonds is 7. The first-order valence-corrected chi connectivity index (χ1v) is 12.8. The van der Waals surface area contributed by atoms with Crippen LogP contribution >= 0.6 is 0 Å². The predicted octanol–water partition coefficient (Wildman–Crippen LogP) is 5.12. The van der Waals surface area contributed by atoms with Crippen LogP contribution in [0.5, 0.6) is 5.75 Å². The number of aryl methyl sites for hydroxylation is 1. The van der Waals surface area contributed by atoms with Crippen molar-refractivity contribution in [1.29, 1.82) is 0 Å². The van der Waals surface area contributed by atoms with Crippen LogP contribution in [0.3, 0.4) is 0 Å². The molecule has 1 aliphatic rings. The van der Waals surface area contributed by atoms with Gasteiger partial charge in [0, 0.05) is 17.1 Å². The molecule has 1 amide bonds. The minimum absolute atomic E-state index is 0.105. The Hall–Kier alpha value is -2.90. The van der Waals surface area contributed by atoms with Gasteiger partial charge in [-0.25, -0.2) is 8.42 Å². The van der Waals surface area contributed by atoms with Gasteiger partial charge in [0.2, 0.25) is 15.9 Å². The van der Waals surface area contributed by atoms with Crippen LogP contribution in [0.2, 0.25) is 0 Å². The highest BCUT2D eigenvalue weighted by Gasteiger charge is 2.35. The molecule has 1 aliphatic carbocycles. The van der Waals surface area contributed by atoms with Crippen molar-refractivity contribution >= 4 is 32.4 Å². The average Bonchev–Trinajstić information content (AvgIpc) is 2.83. The van der Waals surface area contributed by atoms with Crippen LogP contribution in [0.1, 0.15) is 37.7 Å². The molecule has 3 aromatic rings. The molecule has 0 spiro atoms. The molecule has 4 rings (SSSR count). The summed E-state index contributed by atoms with van der Waals surface area (Å²) in [5.41, 5.74) is 1.49. The van der Waals surface area contributed by atoms with E-state index in [1.807, 2.05) is 55.5 Å². The molecule has 1 fully saturated rings. The molecular weight excluding hydrogens is 436 g/mol. The van der Waals surface area contributed by atoms with Crippen LogP contribution in [0.4, 0.5) is 5.69 Å². The van der Waals surface area contributed by atoms with Crippen molar-refractivity contribution in [3.8, 4) is 5.75 Å². The van der Waals surface area contributed by atoms with E-state index >= 15 is 0 Å². The van der Waals surface area contributed by atoms with Gasteiger partial charge in [-0.3, -0.25) is 4.79 Å². The van der Waals surface area contributed by atoms with E-state index in [0.29, 0.717) is 5.69 Å². The molecule has 0 atom stereocenters. The first-order valence-electron chi connectivity index (χ1n) is 11.3. The van der Waals surface area contributed by atoms with E-state index in [2.05, 4.69) is 5.32 Å². The molecule has 6 nitrogen and oxygen atoms in total. The van der Waals surface area contributed by atoms with E-state index in [0.717, 1.165) is 48.4 Å². The van der Waals surface area contributed by atoms with Crippen molar-refractivity contribution in [2.75, 3.05) is 19.0 Å². The van der Waals surface area contributed by atoms with Crippen molar-refractivity contribution in [3.63, 3.8) is 0 Å². The summed E-state index contributed by atoms with van der Waals surface area (Å²) in [6.07, 6.45) is 4.48. The predicted molar refractivity (Wildman–Crippen MR) is 131 cm³/mol. The molecule has 3 aromatic carbocycles. The standard InChI is InChI=1S/C26H30N2O4S/c1-19-15-16-24(32-2)25(17-19)33(30,31)28(21-11-4-3-5-12-21)18-26(29)27-23-14-8-10-20-9-6-7-13-22(20)23/h6-10,13-17,21H,3-5,11-12,18H2,1-2H3,(H,27,29). The smallest absolute Gasteiger partial charge is 0.247 e. The van der Waals surface area contributed by atoms with Gasteiger partial charge in [0.1, 0.15) is 10.6 Å². The van der Waals surface area contributed by atoms with E-state index in [4.69, 9.17) is 4.74 Å².